The van der Waals surface area contributed by atoms with Crippen LogP contribution >= 0.6 is 23.2 Å². The van der Waals surface area contributed by atoms with Gasteiger partial charge in [-0.05, 0) is 31.2 Å². The van der Waals surface area contributed by atoms with E-state index in [1.54, 1.807) is 17.0 Å². The van der Waals surface area contributed by atoms with E-state index in [2.05, 4.69) is 9.88 Å². The van der Waals surface area contributed by atoms with E-state index in [1.165, 1.54) is 0 Å². The van der Waals surface area contributed by atoms with E-state index in [-0.39, 0.29) is 16.8 Å². The molecule has 1 saturated heterocycles. The van der Waals surface area contributed by atoms with Crippen molar-refractivity contribution in [2.45, 2.75) is 6.92 Å². The van der Waals surface area contributed by atoms with E-state index in [0.29, 0.717) is 37.8 Å². The highest BCUT2D eigenvalue weighted by Crippen LogP contribution is 2.29. The highest BCUT2D eigenvalue weighted by atomic mass is 35.5. The number of amides is 1. The number of carbonyl (C=O) groups is 1. The van der Waals surface area contributed by atoms with Gasteiger partial charge in [0.2, 0.25) is 0 Å². The van der Waals surface area contributed by atoms with E-state index < -0.39 is 0 Å². The molecule has 0 saturated carbocycles. The summed E-state index contributed by atoms with van der Waals surface area (Å²) in [6, 6.07) is 11.1. The van der Waals surface area contributed by atoms with Crippen molar-refractivity contribution >= 4 is 34.8 Å². The second-order valence-electron chi connectivity index (χ2n) is 5.64. The number of halogens is 2. The Morgan fingerprint density at radius 1 is 1.12 bits per heavy atom. The Morgan fingerprint density at radius 3 is 2.56 bits per heavy atom. The molecule has 7 heteroatoms. The van der Waals surface area contributed by atoms with Gasteiger partial charge in [0.15, 0.2) is 0 Å². The number of hydrogen-bond donors (Lipinski definition) is 0. The molecule has 1 fully saturated rings. The van der Waals surface area contributed by atoms with Gasteiger partial charge in [0.1, 0.15) is 16.6 Å². The molecule has 0 bridgehead atoms. The number of nitrogens with zero attached hydrogens (tertiary/aromatic N) is 3. The Hall–Kier alpha value is -1.98. The van der Waals surface area contributed by atoms with Crippen molar-refractivity contribution in [1.82, 2.24) is 9.88 Å². The summed E-state index contributed by atoms with van der Waals surface area (Å²) in [4.78, 5) is 20.7. The molecule has 1 aliphatic heterocycles. The molecule has 0 N–H and O–H groups in total. The number of benzene rings is 1. The fraction of sp³-hybridized carbons (Fsp3) is 0.333. The Bertz CT molecular complexity index is 762. The maximum absolute atomic E-state index is 12.7. The number of carbonyl (C=O) groups excluding carboxylic acids is 1. The lowest BCUT2D eigenvalue weighted by Crippen LogP contribution is -2.49. The first kappa shape index (κ1) is 17.8. The van der Waals surface area contributed by atoms with Crippen molar-refractivity contribution in [2.75, 3.05) is 37.7 Å². The minimum atomic E-state index is -0.190. The van der Waals surface area contributed by atoms with Gasteiger partial charge in [0, 0.05) is 26.2 Å². The zero-order valence-electron chi connectivity index (χ0n) is 13.9. The molecule has 0 atom stereocenters. The summed E-state index contributed by atoms with van der Waals surface area (Å²) in [5.74, 6) is 0.676. The maximum atomic E-state index is 12.7. The lowest BCUT2D eigenvalue weighted by Gasteiger charge is -2.36. The molecule has 25 heavy (non-hydrogen) atoms. The average molecular weight is 380 g/mol. The molecule has 1 aromatic heterocycles. The number of anilines is 1. The summed E-state index contributed by atoms with van der Waals surface area (Å²) >= 11 is 12.0. The normalized spacial score (nSPS) is 14.5. The first-order valence-corrected chi connectivity index (χ1v) is 8.94. The smallest absolute Gasteiger partial charge is 0.274 e. The van der Waals surface area contributed by atoms with Gasteiger partial charge in [-0.25, -0.2) is 4.98 Å². The third-order valence-electron chi connectivity index (χ3n) is 4.09. The molecule has 0 aliphatic carbocycles. The summed E-state index contributed by atoms with van der Waals surface area (Å²) < 4.78 is 5.70. The van der Waals surface area contributed by atoms with Gasteiger partial charge in [0.25, 0.3) is 5.91 Å². The van der Waals surface area contributed by atoms with E-state index >= 15 is 0 Å². The fourth-order valence-electron chi connectivity index (χ4n) is 2.86. The summed E-state index contributed by atoms with van der Waals surface area (Å²) in [5.41, 5.74) is 1.26. The predicted molar refractivity (Wildman–Crippen MR) is 100.0 cm³/mol. The standard InChI is InChI=1S/C18H19Cl2N3O2/c1-2-25-15-6-4-3-5-14(15)22-9-11-23(12-10-22)18(24)17-13(19)7-8-16(20)21-17/h3-8H,2,9-12H2,1H3. The van der Waals surface area contributed by atoms with Crippen LogP contribution in [-0.2, 0) is 0 Å². The highest BCUT2D eigenvalue weighted by Gasteiger charge is 2.26. The monoisotopic (exact) mass is 379 g/mol. The second kappa shape index (κ2) is 7.93. The van der Waals surface area contributed by atoms with E-state index in [1.807, 2.05) is 31.2 Å². The number of rotatable bonds is 4. The van der Waals surface area contributed by atoms with Crippen LogP contribution in [0.3, 0.4) is 0 Å². The van der Waals surface area contributed by atoms with Crippen LogP contribution < -0.4 is 9.64 Å². The van der Waals surface area contributed by atoms with Crippen molar-refractivity contribution in [2.24, 2.45) is 0 Å². The Kier molecular flexibility index (Phi) is 5.66. The molecule has 1 amide bonds. The number of aromatic nitrogens is 1. The number of pyridine rings is 1. The second-order valence-corrected chi connectivity index (χ2v) is 6.44. The van der Waals surface area contributed by atoms with Crippen LogP contribution in [0.1, 0.15) is 17.4 Å². The van der Waals surface area contributed by atoms with Crippen molar-refractivity contribution in [3.63, 3.8) is 0 Å². The molecular weight excluding hydrogens is 361 g/mol. The third-order valence-corrected chi connectivity index (χ3v) is 4.60. The SMILES string of the molecule is CCOc1ccccc1N1CCN(C(=O)c2nc(Cl)ccc2Cl)CC1. The van der Waals surface area contributed by atoms with Gasteiger partial charge in [-0.1, -0.05) is 35.3 Å². The summed E-state index contributed by atoms with van der Waals surface area (Å²) in [5, 5.41) is 0.579. The van der Waals surface area contributed by atoms with Crippen LogP contribution in [0, 0.1) is 0 Å². The first-order valence-electron chi connectivity index (χ1n) is 8.18. The highest BCUT2D eigenvalue weighted by molar-refractivity contribution is 6.34. The van der Waals surface area contributed by atoms with Gasteiger partial charge in [0.05, 0.1) is 17.3 Å². The van der Waals surface area contributed by atoms with Crippen LogP contribution in [0.2, 0.25) is 10.2 Å². The van der Waals surface area contributed by atoms with Crippen LogP contribution in [0.4, 0.5) is 5.69 Å². The first-order chi connectivity index (χ1) is 12.1. The molecule has 3 rings (SSSR count). The minimum Gasteiger partial charge on any atom is -0.492 e. The molecule has 1 aromatic carbocycles. The zero-order chi connectivity index (χ0) is 17.8. The Balaban J connectivity index is 1.70. The van der Waals surface area contributed by atoms with Crippen molar-refractivity contribution in [1.29, 1.82) is 0 Å². The van der Waals surface area contributed by atoms with Gasteiger partial charge >= 0.3 is 0 Å². The average Bonchev–Trinajstić information content (AvgIpc) is 2.64. The minimum absolute atomic E-state index is 0.190. The largest absolute Gasteiger partial charge is 0.492 e. The van der Waals surface area contributed by atoms with Crippen LogP contribution in [0.5, 0.6) is 5.75 Å². The molecule has 2 aromatic rings. The predicted octanol–water partition coefficient (Wildman–Crippen LogP) is 3.75. The Morgan fingerprint density at radius 2 is 1.84 bits per heavy atom. The molecule has 1 aliphatic rings. The number of para-hydroxylation sites is 2. The molecular formula is C18H19Cl2N3O2. The lowest BCUT2D eigenvalue weighted by atomic mass is 10.2. The molecule has 2 heterocycles. The van der Waals surface area contributed by atoms with Crippen molar-refractivity contribution < 1.29 is 9.53 Å². The molecule has 0 unspecified atom stereocenters. The molecule has 5 nitrogen and oxygen atoms in total. The van der Waals surface area contributed by atoms with E-state index in [4.69, 9.17) is 27.9 Å². The van der Waals surface area contributed by atoms with E-state index in [9.17, 15) is 4.79 Å². The Labute approximate surface area is 157 Å². The van der Waals surface area contributed by atoms with Gasteiger partial charge in [-0.2, -0.15) is 0 Å². The maximum Gasteiger partial charge on any atom is 0.274 e. The molecule has 132 valence electrons. The topological polar surface area (TPSA) is 45.7 Å². The van der Waals surface area contributed by atoms with Crippen molar-refractivity contribution in [3.05, 3.63) is 52.3 Å². The third kappa shape index (κ3) is 3.99. The fourth-order valence-corrected chi connectivity index (χ4v) is 3.20. The molecule has 0 radical (unpaired) electrons. The molecule has 0 spiro atoms. The summed E-state index contributed by atoms with van der Waals surface area (Å²) in [6.45, 7) is 5.19. The quantitative estimate of drug-likeness (QED) is 0.758. The van der Waals surface area contributed by atoms with Crippen LogP contribution in [0.25, 0.3) is 0 Å². The van der Waals surface area contributed by atoms with Gasteiger partial charge in [-0.15, -0.1) is 0 Å². The summed E-state index contributed by atoms with van der Waals surface area (Å²) in [6.07, 6.45) is 0. The van der Waals surface area contributed by atoms with Crippen LogP contribution in [-0.4, -0.2) is 48.6 Å². The number of piperazine rings is 1. The number of hydrogen-bond acceptors (Lipinski definition) is 4. The van der Waals surface area contributed by atoms with Crippen molar-refractivity contribution in [3.8, 4) is 5.75 Å². The van der Waals surface area contributed by atoms with Gasteiger partial charge < -0.3 is 14.5 Å². The summed E-state index contributed by atoms with van der Waals surface area (Å²) in [7, 11) is 0. The number of ether oxygens (including phenoxy) is 1. The van der Waals surface area contributed by atoms with Crippen LogP contribution in [0.15, 0.2) is 36.4 Å². The lowest BCUT2D eigenvalue weighted by molar-refractivity contribution is 0.0741. The zero-order valence-corrected chi connectivity index (χ0v) is 15.4. The van der Waals surface area contributed by atoms with E-state index in [0.717, 1.165) is 11.4 Å². The van der Waals surface area contributed by atoms with Gasteiger partial charge in [-0.3, -0.25) is 4.79 Å².